The molecule has 0 amide bonds. The number of nitrogens with zero attached hydrogens (tertiary/aromatic N) is 1. The molecule has 1 fully saturated rings. The van der Waals surface area contributed by atoms with E-state index < -0.39 is 0 Å². The molecule has 2 atom stereocenters. The van der Waals surface area contributed by atoms with E-state index in [0.29, 0.717) is 12.0 Å². The Bertz CT molecular complexity index is 460. The molecule has 2 aliphatic rings. The van der Waals surface area contributed by atoms with Crippen molar-refractivity contribution < 1.29 is 4.74 Å². The minimum Gasteiger partial charge on any atom is -0.493 e. The fourth-order valence-electron chi connectivity index (χ4n) is 3.81. The maximum Gasteiger partial charge on any atom is 0.122 e. The lowest BCUT2D eigenvalue weighted by Crippen LogP contribution is -2.39. The molecule has 1 saturated carbocycles. The lowest BCUT2D eigenvalue weighted by atomic mass is 10.0. The van der Waals surface area contributed by atoms with Crippen molar-refractivity contribution in [2.75, 3.05) is 19.7 Å². The van der Waals surface area contributed by atoms with Gasteiger partial charge in [0, 0.05) is 19.0 Å². The van der Waals surface area contributed by atoms with Crippen molar-refractivity contribution in [3.05, 3.63) is 29.3 Å². The summed E-state index contributed by atoms with van der Waals surface area (Å²) in [7, 11) is 0. The molecule has 3 heteroatoms. The molecule has 0 aromatic heterocycles. The van der Waals surface area contributed by atoms with Gasteiger partial charge >= 0.3 is 0 Å². The molecule has 110 valence electrons. The van der Waals surface area contributed by atoms with Gasteiger partial charge in [-0.15, -0.1) is 0 Å². The fourth-order valence-corrected chi connectivity index (χ4v) is 3.81. The summed E-state index contributed by atoms with van der Waals surface area (Å²) in [6.07, 6.45) is 5.00. The van der Waals surface area contributed by atoms with Crippen LogP contribution < -0.4 is 10.5 Å². The van der Waals surface area contributed by atoms with Crippen LogP contribution in [-0.2, 0) is 13.0 Å². The van der Waals surface area contributed by atoms with Gasteiger partial charge in [-0.2, -0.15) is 0 Å². The maximum absolute atomic E-state index is 5.94. The third-order valence-corrected chi connectivity index (χ3v) is 4.94. The number of hydrogen-bond acceptors (Lipinski definition) is 3. The lowest BCUT2D eigenvalue weighted by molar-refractivity contribution is 0.162. The average Bonchev–Trinajstić information content (AvgIpc) is 3.12. The number of benzene rings is 1. The van der Waals surface area contributed by atoms with Crippen molar-refractivity contribution in [1.82, 2.24) is 4.90 Å². The van der Waals surface area contributed by atoms with E-state index in [2.05, 4.69) is 30.0 Å². The highest BCUT2D eigenvalue weighted by Gasteiger charge is 2.30. The molecule has 2 N–H and O–H groups in total. The highest BCUT2D eigenvalue weighted by Crippen LogP contribution is 2.31. The van der Waals surface area contributed by atoms with Crippen LogP contribution in [0.4, 0.5) is 0 Å². The summed E-state index contributed by atoms with van der Waals surface area (Å²) in [5.74, 6) is 1.77. The number of ether oxygens (including phenoxy) is 1. The summed E-state index contributed by atoms with van der Waals surface area (Å²) in [6.45, 7) is 6.09. The Morgan fingerprint density at radius 3 is 3.05 bits per heavy atom. The second-order valence-electron chi connectivity index (χ2n) is 6.10. The van der Waals surface area contributed by atoms with E-state index in [1.54, 1.807) is 0 Å². The van der Waals surface area contributed by atoms with Crippen LogP contribution in [0.25, 0.3) is 0 Å². The molecule has 0 spiro atoms. The Morgan fingerprint density at radius 1 is 1.35 bits per heavy atom. The molecule has 20 heavy (non-hydrogen) atoms. The molecule has 1 aliphatic carbocycles. The first-order valence-electron chi connectivity index (χ1n) is 8.00. The largest absolute Gasteiger partial charge is 0.493 e. The lowest BCUT2D eigenvalue weighted by Gasteiger charge is -2.32. The zero-order valence-corrected chi connectivity index (χ0v) is 12.5. The van der Waals surface area contributed by atoms with Gasteiger partial charge in [-0.25, -0.2) is 0 Å². The van der Waals surface area contributed by atoms with Gasteiger partial charge in [-0.1, -0.05) is 25.5 Å². The molecule has 0 radical (unpaired) electrons. The minimum atomic E-state index is 0.675. The van der Waals surface area contributed by atoms with Crippen LogP contribution in [0.2, 0.25) is 0 Å². The van der Waals surface area contributed by atoms with Crippen molar-refractivity contribution >= 4 is 0 Å². The van der Waals surface area contributed by atoms with Crippen molar-refractivity contribution in [1.29, 1.82) is 0 Å². The predicted octanol–water partition coefficient (Wildman–Crippen LogP) is 2.57. The molecule has 1 aromatic rings. The third-order valence-electron chi connectivity index (χ3n) is 4.94. The summed E-state index contributed by atoms with van der Waals surface area (Å²) >= 11 is 0. The molecule has 3 rings (SSSR count). The SMILES string of the molecule is CCN(Cc1ccc2c(c1)CCO2)C1CCCC1CN. The molecule has 2 unspecified atom stereocenters. The Labute approximate surface area is 122 Å². The van der Waals surface area contributed by atoms with Crippen LogP contribution in [0, 0.1) is 5.92 Å². The summed E-state index contributed by atoms with van der Waals surface area (Å²) in [5.41, 5.74) is 8.73. The average molecular weight is 274 g/mol. The van der Waals surface area contributed by atoms with E-state index in [0.717, 1.165) is 38.4 Å². The van der Waals surface area contributed by atoms with E-state index in [1.807, 2.05) is 0 Å². The second-order valence-corrected chi connectivity index (χ2v) is 6.10. The number of hydrogen-bond donors (Lipinski definition) is 1. The van der Waals surface area contributed by atoms with Crippen LogP contribution in [0.3, 0.4) is 0 Å². The van der Waals surface area contributed by atoms with Gasteiger partial charge in [0.25, 0.3) is 0 Å². The summed E-state index contributed by atoms with van der Waals surface area (Å²) in [6, 6.07) is 7.37. The molecule has 1 aromatic carbocycles. The van der Waals surface area contributed by atoms with Crippen molar-refractivity contribution in [3.63, 3.8) is 0 Å². The van der Waals surface area contributed by atoms with E-state index in [-0.39, 0.29) is 0 Å². The van der Waals surface area contributed by atoms with Gasteiger partial charge in [-0.3, -0.25) is 4.90 Å². The summed E-state index contributed by atoms with van der Waals surface area (Å²) in [5, 5.41) is 0. The maximum atomic E-state index is 5.94. The second kappa shape index (κ2) is 6.15. The van der Waals surface area contributed by atoms with E-state index in [9.17, 15) is 0 Å². The zero-order valence-electron chi connectivity index (χ0n) is 12.5. The highest BCUT2D eigenvalue weighted by atomic mass is 16.5. The van der Waals surface area contributed by atoms with Gasteiger partial charge in [0.05, 0.1) is 6.61 Å². The smallest absolute Gasteiger partial charge is 0.122 e. The highest BCUT2D eigenvalue weighted by molar-refractivity contribution is 5.39. The molecular formula is C17H26N2O. The fraction of sp³-hybridized carbons (Fsp3) is 0.647. The number of fused-ring (bicyclic) bond motifs is 1. The predicted molar refractivity (Wildman–Crippen MR) is 81.9 cm³/mol. The topological polar surface area (TPSA) is 38.5 Å². The van der Waals surface area contributed by atoms with Gasteiger partial charge in [-0.05, 0) is 49.0 Å². The molecule has 0 saturated heterocycles. The quantitative estimate of drug-likeness (QED) is 0.897. The Hall–Kier alpha value is -1.06. The van der Waals surface area contributed by atoms with Crippen LogP contribution in [0.5, 0.6) is 5.75 Å². The molecule has 3 nitrogen and oxygen atoms in total. The molecule has 1 heterocycles. The summed E-state index contributed by atoms with van der Waals surface area (Å²) < 4.78 is 5.59. The first kappa shape index (κ1) is 13.9. The standard InChI is InChI=1S/C17H26N2O/c1-2-19(16-5-3-4-15(16)11-18)12-13-6-7-17-14(10-13)8-9-20-17/h6-7,10,15-16H,2-5,8-9,11-12,18H2,1H3. The van der Waals surface area contributed by atoms with Crippen molar-refractivity contribution in [2.24, 2.45) is 11.7 Å². The number of rotatable bonds is 5. The van der Waals surface area contributed by atoms with Crippen LogP contribution in [0.1, 0.15) is 37.3 Å². The molecule has 1 aliphatic heterocycles. The monoisotopic (exact) mass is 274 g/mol. The van der Waals surface area contributed by atoms with Gasteiger partial charge in [0.1, 0.15) is 5.75 Å². The van der Waals surface area contributed by atoms with Crippen LogP contribution >= 0.6 is 0 Å². The minimum absolute atomic E-state index is 0.675. The van der Waals surface area contributed by atoms with Gasteiger partial charge < -0.3 is 10.5 Å². The molecule has 0 bridgehead atoms. The van der Waals surface area contributed by atoms with E-state index >= 15 is 0 Å². The summed E-state index contributed by atoms with van der Waals surface area (Å²) in [4.78, 5) is 2.61. The van der Waals surface area contributed by atoms with Gasteiger partial charge in [0.2, 0.25) is 0 Å². The normalized spacial score (nSPS) is 24.9. The van der Waals surface area contributed by atoms with Crippen molar-refractivity contribution in [2.45, 2.75) is 45.2 Å². The zero-order chi connectivity index (χ0) is 13.9. The van der Waals surface area contributed by atoms with Crippen LogP contribution in [0.15, 0.2) is 18.2 Å². The Kier molecular flexibility index (Phi) is 4.27. The third kappa shape index (κ3) is 2.70. The van der Waals surface area contributed by atoms with E-state index in [4.69, 9.17) is 10.5 Å². The first-order valence-corrected chi connectivity index (χ1v) is 8.00. The molecular weight excluding hydrogens is 248 g/mol. The number of nitrogens with two attached hydrogens (primary N) is 1. The Morgan fingerprint density at radius 2 is 2.25 bits per heavy atom. The van der Waals surface area contributed by atoms with Crippen LogP contribution in [-0.4, -0.2) is 30.6 Å². The van der Waals surface area contributed by atoms with Gasteiger partial charge in [0.15, 0.2) is 0 Å². The first-order chi connectivity index (χ1) is 9.81. The van der Waals surface area contributed by atoms with Crippen molar-refractivity contribution in [3.8, 4) is 5.75 Å². The Balaban J connectivity index is 1.71. The van der Waals surface area contributed by atoms with E-state index in [1.165, 1.54) is 30.4 Å².